The van der Waals surface area contributed by atoms with Crippen molar-refractivity contribution in [3.8, 4) is 0 Å². The number of carbonyl (C=O) groups is 1. The zero-order chi connectivity index (χ0) is 11.9. The summed E-state index contributed by atoms with van der Waals surface area (Å²) < 4.78 is 11.7. The van der Waals surface area contributed by atoms with Crippen LogP contribution in [0.15, 0.2) is 30.3 Å². The molecule has 84 valence electrons. The van der Waals surface area contributed by atoms with Crippen LogP contribution in [0.2, 0.25) is 0 Å². The monoisotopic (exact) mass is 234 g/mol. The fraction of sp³-hybridized carbons (Fsp3) is 0.417. The van der Waals surface area contributed by atoms with Gasteiger partial charge >= 0.3 is 29.6 Å². The summed E-state index contributed by atoms with van der Waals surface area (Å²) in [5.41, 5.74) is -0.315. The molecular formula is C12H16FNaO2. The van der Waals surface area contributed by atoms with E-state index in [-0.39, 0.29) is 29.6 Å². The largest absolute Gasteiger partial charge is 1.00 e. The Balaban J connectivity index is 0. The average Bonchev–Trinajstić information content (AvgIpc) is 2.15. The Bertz CT molecular complexity index is 288. The van der Waals surface area contributed by atoms with Gasteiger partial charge in [0.2, 0.25) is 0 Å². The fourth-order valence-electron chi connectivity index (χ4n) is 0.701. The van der Waals surface area contributed by atoms with E-state index in [1.54, 1.807) is 51.1 Å². The second-order valence-electron chi connectivity index (χ2n) is 4.04. The van der Waals surface area contributed by atoms with E-state index in [9.17, 15) is 14.3 Å². The van der Waals surface area contributed by atoms with Gasteiger partial charge in [0.15, 0.2) is 12.5 Å². The van der Waals surface area contributed by atoms with Gasteiger partial charge in [0.1, 0.15) is 0 Å². The summed E-state index contributed by atoms with van der Waals surface area (Å²) in [5, 5.41) is 10.1. The number of rotatable bonds is 2. The summed E-state index contributed by atoms with van der Waals surface area (Å²) in [4.78, 5) is 10.6. The molecule has 0 atom stereocenters. The molecule has 0 saturated carbocycles. The second kappa shape index (κ2) is 8.88. The molecule has 0 fully saturated rings. The van der Waals surface area contributed by atoms with E-state index in [0.717, 1.165) is 0 Å². The van der Waals surface area contributed by atoms with Crippen LogP contribution >= 0.6 is 0 Å². The molecule has 0 N–H and O–H groups in total. The summed E-state index contributed by atoms with van der Waals surface area (Å²) in [6.45, 7) is 3.98. The van der Waals surface area contributed by atoms with Crippen LogP contribution in [0.3, 0.4) is 0 Å². The van der Waals surface area contributed by atoms with Crippen LogP contribution in [0.5, 0.6) is 0 Å². The van der Waals surface area contributed by atoms with Gasteiger partial charge in [-0.2, -0.15) is 0 Å². The van der Waals surface area contributed by atoms with Gasteiger partial charge in [0.25, 0.3) is 0 Å². The molecule has 0 aliphatic heterocycles. The van der Waals surface area contributed by atoms with Crippen molar-refractivity contribution in [2.24, 2.45) is 0 Å². The van der Waals surface area contributed by atoms with Crippen LogP contribution in [0, 0.1) is 0 Å². The number of benzene rings is 1. The van der Waals surface area contributed by atoms with Gasteiger partial charge in [-0.05, 0) is 0 Å². The van der Waals surface area contributed by atoms with E-state index in [1.165, 1.54) is 0 Å². The topological polar surface area (TPSA) is 40.1 Å². The summed E-state index contributed by atoms with van der Waals surface area (Å²) in [6, 6.07) is 8.41. The predicted octanol–water partition coefficient (Wildman–Crippen LogP) is -1.01. The quantitative estimate of drug-likeness (QED) is 0.486. The molecule has 4 heteroatoms. The third-order valence-electron chi connectivity index (χ3n) is 1.22. The summed E-state index contributed by atoms with van der Waals surface area (Å²) in [5.74, 6) is -0.458. The van der Waals surface area contributed by atoms with Crippen molar-refractivity contribution < 1.29 is 43.8 Å². The average molecular weight is 234 g/mol. The molecule has 0 aromatic heterocycles. The van der Waals surface area contributed by atoms with E-state index in [2.05, 4.69) is 0 Å². The molecule has 1 aromatic rings. The molecule has 2 nitrogen and oxygen atoms in total. The smallest absolute Gasteiger partial charge is 0.850 e. The third kappa shape index (κ3) is 11.9. The molecule has 0 unspecified atom stereocenters. The predicted molar refractivity (Wildman–Crippen MR) is 56.5 cm³/mol. The van der Waals surface area contributed by atoms with Crippen LogP contribution < -0.4 is 34.7 Å². The summed E-state index contributed by atoms with van der Waals surface area (Å²) in [7, 11) is 0. The molecule has 0 bridgehead atoms. The van der Waals surface area contributed by atoms with Gasteiger partial charge in [-0.1, -0.05) is 51.1 Å². The molecule has 0 aliphatic carbocycles. The number of alkyl halides is 1. The van der Waals surface area contributed by atoms with E-state index in [4.69, 9.17) is 0 Å². The molecule has 0 radical (unpaired) electrons. The first-order valence-electron chi connectivity index (χ1n) is 4.69. The maximum absolute atomic E-state index is 11.7. The Kier molecular flexibility index (Phi) is 10.1. The Morgan fingerprint density at radius 2 is 1.62 bits per heavy atom. The van der Waals surface area contributed by atoms with Crippen molar-refractivity contribution in [1.29, 1.82) is 0 Å². The minimum Gasteiger partial charge on any atom is -0.850 e. The normalized spacial score (nSPS) is 9.56. The molecule has 0 spiro atoms. The standard InChI is InChI=1S/C8H7FO.C4H9O.Na/c9-6-8(10)7-4-2-1-3-5-7;1-4(2,3)5;/h1-5H,6H2;1-3H3;/q;-1;+1. The maximum atomic E-state index is 11.7. The van der Waals surface area contributed by atoms with Crippen molar-refractivity contribution in [2.45, 2.75) is 26.4 Å². The second-order valence-corrected chi connectivity index (χ2v) is 4.04. The van der Waals surface area contributed by atoms with Crippen molar-refractivity contribution in [3.05, 3.63) is 35.9 Å². The third-order valence-corrected chi connectivity index (χ3v) is 1.22. The van der Waals surface area contributed by atoms with Crippen molar-refractivity contribution in [1.82, 2.24) is 0 Å². The first-order valence-corrected chi connectivity index (χ1v) is 4.69. The van der Waals surface area contributed by atoms with Gasteiger partial charge in [0, 0.05) is 5.56 Å². The Morgan fingerprint density at radius 1 is 1.25 bits per heavy atom. The molecule has 0 heterocycles. The number of ketones is 1. The Hall–Kier alpha value is -0.220. The number of hydrogen-bond acceptors (Lipinski definition) is 2. The van der Waals surface area contributed by atoms with Crippen LogP contribution in [-0.2, 0) is 0 Å². The van der Waals surface area contributed by atoms with Gasteiger partial charge < -0.3 is 5.11 Å². The molecular weight excluding hydrogens is 218 g/mol. The minimum atomic E-state index is -0.913. The fourth-order valence-corrected chi connectivity index (χ4v) is 0.701. The first kappa shape index (κ1) is 18.2. The zero-order valence-electron chi connectivity index (χ0n) is 10.3. The SMILES string of the molecule is CC(C)(C)[O-].O=C(CF)c1ccccc1.[Na+]. The van der Waals surface area contributed by atoms with E-state index in [0.29, 0.717) is 5.56 Å². The molecule has 1 rings (SSSR count). The van der Waals surface area contributed by atoms with Crippen molar-refractivity contribution >= 4 is 5.78 Å². The maximum Gasteiger partial charge on any atom is 1.00 e. The van der Waals surface area contributed by atoms with Gasteiger partial charge in [-0.25, -0.2) is 4.39 Å². The minimum absolute atomic E-state index is 0. The summed E-state index contributed by atoms with van der Waals surface area (Å²) >= 11 is 0. The van der Waals surface area contributed by atoms with Crippen molar-refractivity contribution in [3.63, 3.8) is 0 Å². The van der Waals surface area contributed by atoms with Gasteiger partial charge in [0.05, 0.1) is 0 Å². The number of carbonyl (C=O) groups excluding carboxylic acids is 1. The van der Waals surface area contributed by atoms with Gasteiger partial charge in [-0.15, -0.1) is 5.60 Å². The van der Waals surface area contributed by atoms with Crippen LogP contribution in [0.25, 0.3) is 0 Å². The molecule has 0 saturated heterocycles. The van der Waals surface area contributed by atoms with E-state index >= 15 is 0 Å². The molecule has 0 aliphatic rings. The molecule has 0 amide bonds. The number of Topliss-reactive ketones (excluding diaryl/α,β-unsaturated/α-hetero) is 1. The van der Waals surface area contributed by atoms with Gasteiger partial charge in [-0.3, -0.25) is 4.79 Å². The number of halogens is 1. The van der Waals surface area contributed by atoms with Crippen LogP contribution in [0.1, 0.15) is 31.1 Å². The summed E-state index contributed by atoms with van der Waals surface area (Å²) in [6.07, 6.45) is 0. The first-order chi connectivity index (χ1) is 6.84. The Labute approximate surface area is 118 Å². The van der Waals surface area contributed by atoms with Crippen LogP contribution in [-0.4, -0.2) is 18.1 Å². The Morgan fingerprint density at radius 3 is 1.94 bits per heavy atom. The molecule has 16 heavy (non-hydrogen) atoms. The van der Waals surface area contributed by atoms with Crippen LogP contribution in [0.4, 0.5) is 4.39 Å². The van der Waals surface area contributed by atoms with E-state index < -0.39 is 18.1 Å². The van der Waals surface area contributed by atoms with E-state index in [1.807, 2.05) is 0 Å². The number of hydrogen-bond donors (Lipinski definition) is 0. The van der Waals surface area contributed by atoms with Crippen molar-refractivity contribution in [2.75, 3.05) is 6.67 Å². The molecule has 1 aromatic carbocycles. The zero-order valence-corrected chi connectivity index (χ0v) is 12.3.